The van der Waals surface area contributed by atoms with Crippen molar-refractivity contribution in [2.75, 3.05) is 24.5 Å². The number of amides is 2. The van der Waals surface area contributed by atoms with Gasteiger partial charge in [0.05, 0.1) is 13.1 Å². The lowest BCUT2D eigenvalue weighted by Crippen LogP contribution is -2.48. The summed E-state index contributed by atoms with van der Waals surface area (Å²) in [6.45, 7) is 9.99. The van der Waals surface area contributed by atoms with Gasteiger partial charge in [0, 0.05) is 30.7 Å². The minimum absolute atomic E-state index is 0.0753. The molecule has 0 aromatic heterocycles. The van der Waals surface area contributed by atoms with Crippen LogP contribution < -0.4 is 20.9 Å². The molecule has 0 saturated carbocycles. The van der Waals surface area contributed by atoms with Crippen molar-refractivity contribution in [2.45, 2.75) is 59.0 Å². The molecule has 0 atom stereocenters. The van der Waals surface area contributed by atoms with Gasteiger partial charge in [0.2, 0.25) is 11.8 Å². The van der Waals surface area contributed by atoms with Gasteiger partial charge in [0.1, 0.15) is 0 Å². The fourth-order valence-electron chi connectivity index (χ4n) is 3.00. The van der Waals surface area contributed by atoms with Crippen molar-refractivity contribution >= 4 is 23.5 Å². The maximum Gasteiger partial charge on any atom is 0.239 e. The predicted molar refractivity (Wildman–Crippen MR) is 113 cm³/mol. The Morgan fingerprint density at radius 3 is 2.46 bits per heavy atom. The molecule has 1 heterocycles. The topological polar surface area (TPSA) is 85.8 Å². The standard InChI is InChI=1S/C21H33N5O2/c1-5-22-20(24-15-18(27)25-21(2,3)4)23-14-16-9-11-17(12-10-16)26-13-7-6-8-19(26)28/h9-12H,5-8,13-15H2,1-4H3,(H,25,27)(H2,22,23,24). The summed E-state index contributed by atoms with van der Waals surface area (Å²) in [6.07, 6.45) is 2.67. The Kier molecular flexibility index (Phi) is 7.84. The number of carbonyl (C=O) groups excluding carboxylic acids is 2. The molecular weight excluding hydrogens is 354 g/mol. The van der Waals surface area contributed by atoms with Crippen molar-refractivity contribution in [3.63, 3.8) is 0 Å². The molecule has 154 valence electrons. The summed E-state index contributed by atoms with van der Waals surface area (Å²) in [7, 11) is 0. The second-order valence-electron chi connectivity index (χ2n) is 8.02. The third-order valence-electron chi connectivity index (χ3n) is 4.27. The molecule has 0 radical (unpaired) electrons. The van der Waals surface area contributed by atoms with Crippen LogP contribution in [0.3, 0.4) is 0 Å². The van der Waals surface area contributed by atoms with Crippen LogP contribution in [0.25, 0.3) is 0 Å². The second kappa shape index (κ2) is 10.1. The highest BCUT2D eigenvalue weighted by Gasteiger charge is 2.19. The van der Waals surface area contributed by atoms with Crippen molar-refractivity contribution in [2.24, 2.45) is 4.99 Å². The molecule has 28 heavy (non-hydrogen) atoms. The average Bonchev–Trinajstić information content (AvgIpc) is 2.63. The van der Waals surface area contributed by atoms with Gasteiger partial charge in [-0.15, -0.1) is 0 Å². The molecule has 1 aromatic carbocycles. The van der Waals surface area contributed by atoms with Gasteiger partial charge >= 0.3 is 0 Å². The summed E-state index contributed by atoms with van der Waals surface area (Å²) in [4.78, 5) is 30.4. The van der Waals surface area contributed by atoms with Crippen molar-refractivity contribution in [3.05, 3.63) is 29.8 Å². The maximum atomic E-state index is 12.0. The first-order chi connectivity index (χ1) is 13.3. The first-order valence-electron chi connectivity index (χ1n) is 10.0. The minimum atomic E-state index is -0.258. The number of nitrogens with zero attached hydrogens (tertiary/aromatic N) is 2. The highest BCUT2D eigenvalue weighted by atomic mass is 16.2. The fourth-order valence-corrected chi connectivity index (χ4v) is 3.00. The molecular formula is C21H33N5O2. The van der Waals surface area contributed by atoms with Crippen LogP contribution in [0.15, 0.2) is 29.3 Å². The van der Waals surface area contributed by atoms with E-state index in [4.69, 9.17) is 0 Å². The summed E-state index contributed by atoms with van der Waals surface area (Å²) in [5, 5.41) is 9.12. The van der Waals surface area contributed by atoms with E-state index in [-0.39, 0.29) is 23.9 Å². The Labute approximate surface area is 168 Å². The largest absolute Gasteiger partial charge is 0.357 e. The van der Waals surface area contributed by atoms with E-state index in [0.29, 0.717) is 25.5 Å². The van der Waals surface area contributed by atoms with E-state index in [1.807, 2.05) is 56.9 Å². The number of piperidine rings is 1. The Morgan fingerprint density at radius 2 is 1.86 bits per heavy atom. The van der Waals surface area contributed by atoms with E-state index in [2.05, 4.69) is 20.9 Å². The normalized spacial score (nSPS) is 15.4. The van der Waals surface area contributed by atoms with Crippen LogP contribution in [-0.4, -0.2) is 42.9 Å². The monoisotopic (exact) mass is 387 g/mol. The van der Waals surface area contributed by atoms with Crippen molar-refractivity contribution in [1.29, 1.82) is 0 Å². The lowest BCUT2D eigenvalue weighted by atomic mass is 10.1. The van der Waals surface area contributed by atoms with Gasteiger partial charge in [-0.3, -0.25) is 9.59 Å². The quantitative estimate of drug-likeness (QED) is 0.516. The van der Waals surface area contributed by atoms with Crippen LogP contribution >= 0.6 is 0 Å². The first kappa shape index (κ1) is 21.7. The maximum absolute atomic E-state index is 12.0. The molecule has 2 amide bonds. The van der Waals surface area contributed by atoms with Crippen LogP contribution in [-0.2, 0) is 16.1 Å². The average molecular weight is 388 g/mol. The SMILES string of the molecule is CCNC(=NCc1ccc(N2CCCCC2=O)cc1)NCC(=O)NC(C)(C)C. The Bertz CT molecular complexity index is 692. The Hall–Kier alpha value is -2.57. The number of aliphatic imine (C=N–C) groups is 1. The summed E-state index contributed by atoms with van der Waals surface area (Å²) in [6, 6.07) is 7.95. The van der Waals surface area contributed by atoms with Crippen molar-refractivity contribution in [3.8, 4) is 0 Å². The van der Waals surface area contributed by atoms with Crippen LogP contribution in [0, 0.1) is 0 Å². The molecule has 7 heteroatoms. The number of guanidine groups is 1. The van der Waals surface area contributed by atoms with Gasteiger partial charge in [-0.05, 0) is 58.2 Å². The lowest BCUT2D eigenvalue weighted by Gasteiger charge is -2.26. The van der Waals surface area contributed by atoms with E-state index < -0.39 is 0 Å². The molecule has 1 saturated heterocycles. The van der Waals surface area contributed by atoms with Crippen LogP contribution in [0.1, 0.15) is 52.5 Å². The van der Waals surface area contributed by atoms with Gasteiger partial charge in [-0.1, -0.05) is 12.1 Å². The molecule has 0 aliphatic carbocycles. The van der Waals surface area contributed by atoms with Crippen LogP contribution in [0.2, 0.25) is 0 Å². The number of anilines is 1. The zero-order chi connectivity index (χ0) is 20.6. The number of nitrogens with one attached hydrogen (secondary N) is 3. The van der Waals surface area contributed by atoms with E-state index in [0.717, 1.165) is 30.6 Å². The van der Waals surface area contributed by atoms with Gasteiger partial charge in [0.15, 0.2) is 5.96 Å². The molecule has 0 unspecified atom stereocenters. The molecule has 0 bridgehead atoms. The van der Waals surface area contributed by atoms with Crippen molar-refractivity contribution in [1.82, 2.24) is 16.0 Å². The highest BCUT2D eigenvalue weighted by molar-refractivity contribution is 5.94. The second-order valence-corrected chi connectivity index (χ2v) is 8.02. The van der Waals surface area contributed by atoms with E-state index in [1.165, 1.54) is 0 Å². The smallest absolute Gasteiger partial charge is 0.239 e. The summed E-state index contributed by atoms with van der Waals surface area (Å²) >= 11 is 0. The fraction of sp³-hybridized carbons (Fsp3) is 0.571. The number of benzene rings is 1. The molecule has 0 spiro atoms. The molecule has 1 aromatic rings. The molecule has 1 aliphatic rings. The minimum Gasteiger partial charge on any atom is -0.357 e. The third-order valence-corrected chi connectivity index (χ3v) is 4.27. The van der Waals surface area contributed by atoms with Gasteiger partial charge in [-0.2, -0.15) is 0 Å². The third kappa shape index (κ3) is 7.21. The summed E-state index contributed by atoms with van der Waals surface area (Å²) < 4.78 is 0. The zero-order valence-electron chi connectivity index (χ0n) is 17.5. The molecule has 7 nitrogen and oxygen atoms in total. The molecule has 1 fully saturated rings. The Balaban J connectivity index is 1.92. The number of rotatable bonds is 6. The highest BCUT2D eigenvalue weighted by Crippen LogP contribution is 2.21. The van der Waals surface area contributed by atoms with Crippen molar-refractivity contribution < 1.29 is 9.59 Å². The summed E-state index contributed by atoms with van der Waals surface area (Å²) in [5.41, 5.74) is 1.73. The Morgan fingerprint density at radius 1 is 1.14 bits per heavy atom. The van der Waals surface area contributed by atoms with E-state index in [9.17, 15) is 9.59 Å². The zero-order valence-corrected chi connectivity index (χ0v) is 17.5. The number of hydrogen-bond acceptors (Lipinski definition) is 3. The number of carbonyl (C=O) groups is 2. The lowest BCUT2D eigenvalue weighted by molar-refractivity contribution is -0.121. The van der Waals surface area contributed by atoms with Crippen LogP contribution in [0.5, 0.6) is 0 Å². The number of hydrogen-bond donors (Lipinski definition) is 3. The predicted octanol–water partition coefficient (Wildman–Crippen LogP) is 2.17. The van der Waals surface area contributed by atoms with Gasteiger partial charge in [0.25, 0.3) is 0 Å². The molecule has 2 rings (SSSR count). The van der Waals surface area contributed by atoms with Gasteiger partial charge < -0.3 is 20.9 Å². The van der Waals surface area contributed by atoms with E-state index >= 15 is 0 Å². The van der Waals surface area contributed by atoms with Crippen LogP contribution in [0.4, 0.5) is 5.69 Å². The van der Waals surface area contributed by atoms with E-state index in [1.54, 1.807) is 0 Å². The molecule has 1 aliphatic heterocycles. The summed E-state index contributed by atoms with van der Waals surface area (Å²) in [5.74, 6) is 0.722. The first-order valence-corrected chi connectivity index (χ1v) is 10.0. The molecule has 3 N–H and O–H groups in total. The van der Waals surface area contributed by atoms with Gasteiger partial charge in [-0.25, -0.2) is 4.99 Å².